The van der Waals surface area contributed by atoms with Gasteiger partial charge in [-0.15, -0.1) is 24.0 Å². The number of halogens is 1. The van der Waals surface area contributed by atoms with Crippen molar-refractivity contribution in [2.24, 2.45) is 10.9 Å². The molecule has 2 rings (SSSR count). The number of nitrogens with zero attached hydrogens (tertiary/aromatic N) is 1. The summed E-state index contributed by atoms with van der Waals surface area (Å²) in [5, 5.41) is 6.72. The van der Waals surface area contributed by atoms with Crippen molar-refractivity contribution in [3.8, 4) is 5.75 Å². The number of benzene rings is 1. The monoisotopic (exact) mass is 549 g/mol. The summed E-state index contributed by atoms with van der Waals surface area (Å²) in [6.07, 6.45) is 4.05. The lowest BCUT2D eigenvalue weighted by Gasteiger charge is -2.21. The van der Waals surface area contributed by atoms with E-state index in [4.69, 9.17) is 18.9 Å². The maximum atomic E-state index is 5.96. The van der Waals surface area contributed by atoms with Crippen molar-refractivity contribution in [2.45, 2.75) is 39.2 Å². The van der Waals surface area contributed by atoms with Gasteiger partial charge < -0.3 is 29.6 Å². The normalized spacial score (nSPS) is 14.7. The highest BCUT2D eigenvalue weighted by Crippen LogP contribution is 2.20. The Morgan fingerprint density at radius 1 is 1.13 bits per heavy atom. The molecule has 2 N–H and O–H groups in total. The molecule has 7 nitrogen and oxygen atoms in total. The third-order valence-electron chi connectivity index (χ3n) is 5.10. The van der Waals surface area contributed by atoms with Gasteiger partial charge in [-0.25, -0.2) is 0 Å². The summed E-state index contributed by atoms with van der Waals surface area (Å²) in [5.41, 5.74) is 2.30. The van der Waals surface area contributed by atoms with E-state index in [1.54, 1.807) is 14.2 Å². The van der Waals surface area contributed by atoms with Crippen molar-refractivity contribution >= 4 is 29.9 Å². The number of hydrogen-bond acceptors (Lipinski definition) is 5. The van der Waals surface area contributed by atoms with Crippen LogP contribution in [0.2, 0.25) is 0 Å². The average Bonchev–Trinajstić information content (AvgIpc) is 2.77. The molecular weight excluding hydrogens is 509 g/mol. The van der Waals surface area contributed by atoms with E-state index in [0.717, 1.165) is 75.9 Å². The minimum absolute atomic E-state index is 0. The molecule has 1 saturated heterocycles. The maximum Gasteiger partial charge on any atom is 0.191 e. The molecule has 8 heteroatoms. The first-order chi connectivity index (χ1) is 14.7. The number of ether oxygens (including phenoxy) is 4. The third-order valence-corrected chi connectivity index (χ3v) is 5.10. The van der Waals surface area contributed by atoms with Crippen LogP contribution in [0.3, 0.4) is 0 Å². The van der Waals surface area contributed by atoms with Crippen LogP contribution < -0.4 is 15.4 Å². The molecule has 0 amide bonds. The van der Waals surface area contributed by atoms with Crippen molar-refractivity contribution in [2.75, 3.05) is 60.3 Å². The van der Waals surface area contributed by atoms with Gasteiger partial charge in [0.15, 0.2) is 5.96 Å². The molecule has 31 heavy (non-hydrogen) atoms. The Labute approximate surface area is 204 Å². The zero-order chi connectivity index (χ0) is 21.4. The van der Waals surface area contributed by atoms with Gasteiger partial charge in [0.2, 0.25) is 0 Å². The van der Waals surface area contributed by atoms with Crippen molar-refractivity contribution in [1.82, 2.24) is 10.6 Å². The van der Waals surface area contributed by atoms with Gasteiger partial charge in [0.05, 0.1) is 6.61 Å². The van der Waals surface area contributed by atoms with Gasteiger partial charge in [-0.05, 0) is 43.7 Å². The lowest BCUT2D eigenvalue weighted by molar-refractivity contribution is 0.0203. The summed E-state index contributed by atoms with van der Waals surface area (Å²) in [7, 11) is 3.49. The molecule has 0 aliphatic carbocycles. The van der Waals surface area contributed by atoms with Crippen LogP contribution >= 0.6 is 24.0 Å². The van der Waals surface area contributed by atoms with Gasteiger partial charge in [-0.1, -0.05) is 12.1 Å². The van der Waals surface area contributed by atoms with Gasteiger partial charge in [-0.2, -0.15) is 0 Å². The molecular formula is C23H40IN3O4. The molecule has 0 saturated carbocycles. The highest BCUT2D eigenvalue weighted by atomic mass is 127. The zero-order valence-corrected chi connectivity index (χ0v) is 21.6. The molecule has 1 aromatic rings. The molecule has 178 valence electrons. The first kappa shape index (κ1) is 27.9. The highest BCUT2D eigenvalue weighted by Gasteiger charge is 2.13. The van der Waals surface area contributed by atoms with Crippen molar-refractivity contribution in [1.29, 1.82) is 0 Å². The summed E-state index contributed by atoms with van der Waals surface area (Å²) in [6, 6.07) is 6.28. The topological polar surface area (TPSA) is 73.3 Å². The fourth-order valence-electron chi connectivity index (χ4n) is 3.27. The molecule has 0 atom stereocenters. The number of hydrogen-bond donors (Lipinski definition) is 2. The predicted molar refractivity (Wildman–Crippen MR) is 136 cm³/mol. The second kappa shape index (κ2) is 17.5. The van der Waals surface area contributed by atoms with E-state index in [0.29, 0.717) is 25.7 Å². The summed E-state index contributed by atoms with van der Waals surface area (Å²) >= 11 is 0. The van der Waals surface area contributed by atoms with E-state index in [2.05, 4.69) is 40.7 Å². The van der Waals surface area contributed by atoms with Gasteiger partial charge in [0.1, 0.15) is 5.75 Å². The molecule has 1 heterocycles. The highest BCUT2D eigenvalue weighted by molar-refractivity contribution is 14.0. The van der Waals surface area contributed by atoms with Crippen molar-refractivity contribution in [3.63, 3.8) is 0 Å². The van der Waals surface area contributed by atoms with Crippen LogP contribution in [0.15, 0.2) is 23.2 Å². The molecule has 0 radical (unpaired) electrons. The lowest BCUT2D eigenvalue weighted by atomic mass is 10.0. The molecule has 0 unspecified atom stereocenters. The Hall–Kier alpha value is -1.10. The number of guanidine groups is 1. The Bertz CT molecular complexity index is 625. The van der Waals surface area contributed by atoms with Crippen LogP contribution in [-0.4, -0.2) is 66.3 Å². The Kier molecular flexibility index (Phi) is 15.7. The largest absolute Gasteiger partial charge is 0.493 e. The van der Waals surface area contributed by atoms with Crippen LogP contribution in [-0.2, 0) is 20.8 Å². The molecule has 0 spiro atoms. The molecule has 1 aliphatic rings. The van der Waals surface area contributed by atoms with Gasteiger partial charge in [0.25, 0.3) is 0 Å². The van der Waals surface area contributed by atoms with E-state index in [-0.39, 0.29) is 24.0 Å². The maximum absolute atomic E-state index is 5.96. The standard InChI is InChI=1S/C23H39N3O4.HI/c1-19-6-7-21(22(16-19)30-13-5-11-27-3)17-26-23(24-2)25-10-4-12-29-18-20-8-14-28-15-9-20;/h6-7,16,20H,4-5,8-15,17-18H2,1-3H3,(H2,24,25,26);1H. The van der Waals surface area contributed by atoms with Gasteiger partial charge >= 0.3 is 0 Å². The van der Waals surface area contributed by atoms with Crippen molar-refractivity contribution < 1.29 is 18.9 Å². The molecule has 1 fully saturated rings. The van der Waals surface area contributed by atoms with Crippen LogP contribution in [0.1, 0.15) is 36.8 Å². The smallest absolute Gasteiger partial charge is 0.191 e. The first-order valence-corrected chi connectivity index (χ1v) is 11.0. The Balaban J connectivity index is 0.00000480. The number of rotatable bonds is 13. The fraction of sp³-hybridized carbons (Fsp3) is 0.696. The van der Waals surface area contributed by atoms with E-state index in [1.165, 1.54) is 5.56 Å². The van der Waals surface area contributed by atoms with Crippen LogP contribution in [0.4, 0.5) is 0 Å². The predicted octanol–water partition coefficient (Wildman–Crippen LogP) is 3.53. The van der Waals surface area contributed by atoms with E-state index in [1.807, 2.05) is 0 Å². The van der Waals surface area contributed by atoms with Gasteiger partial charge in [0, 0.05) is 72.3 Å². The number of nitrogens with one attached hydrogen (secondary N) is 2. The second-order valence-electron chi connectivity index (χ2n) is 7.64. The molecule has 1 aliphatic heterocycles. The number of methoxy groups -OCH3 is 1. The minimum Gasteiger partial charge on any atom is -0.493 e. The Morgan fingerprint density at radius 3 is 2.68 bits per heavy atom. The summed E-state index contributed by atoms with van der Waals surface area (Å²) < 4.78 is 22.2. The molecule has 1 aromatic carbocycles. The molecule has 0 aromatic heterocycles. The fourth-order valence-corrected chi connectivity index (χ4v) is 3.27. The number of aliphatic imine (C=N–C) groups is 1. The van der Waals surface area contributed by atoms with Crippen LogP contribution in [0.5, 0.6) is 5.75 Å². The van der Waals surface area contributed by atoms with Crippen LogP contribution in [0.25, 0.3) is 0 Å². The lowest BCUT2D eigenvalue weighted by Crippen LogP contribution is -2.37. The van der Waals surface area contributed by atoms with Crippen molar-refractivity contribution in [3.05, 3.63) is 29.3 Å². The van der Waals surface area contributed by atoms with E-state index >= 15 is 0 Å². The van der Waals surface area contributed by atoms with E-state index in [9.17, 15) is 0 Å². The van der Waals surface area contributed by atoms with E-state index < -0.39 is 0 Å². The third kappa shape index (κ3) is 11.9. The SMILES string of the molecule is CN=C(NCCCOCC1CCOCC1)NCc1ccc(C)cc1OCCCOC.I. The minimum atomic E-state index is 0. The summed E-state index contributed by atoms with van der Waals surface area (Å²) in [6.45, 7) is 8.25. The quantitative estimate of drug-likeness (QED) is 0.170. The second-order valence-corrected chi connectivity index (χ2v) is 7.64. The first-order valence-electron chi connectivity index (χ1n) is 11.0. The summed E-state index contributed by atoms with van der Waals surface area (Å²) in [4.78, 5) is 4.31. The molecule has 0 bridgehead atoms. The number of aryl methyl sites for hydroxylation is 1. The average molecular weight is 549 g/mol. The van der Waals surface area contributed by atoms with Gasteiger partial charge in [-0.3, -0.25) is 4.99 Å². The summed E-state index contributed by atoms with van der Waals surface area (Å²) in [5.74, 6) is 2.35. The van der Waals surface area contributed by atoms with Crippen LogP contribution in [0, 0.1) is 12.8 Å². The zero-order valence-electron chi connectivity index (χ0n) is 19.3. The Morgan fingerprint density at radius 2 is 1.94 bits per heavy atom.